The molecule has 1 aromatic rings. The lowest BCUT2D eigenvalue weighted by atomic mass is 9.96. The highest BCUT2D eigenvalue weighted by Crippen LogP contribution is 2.19. The van der Waals surface area contributed by atoms with Crippen molar-refractivity contribution >= 4 is 11.6 Å². The topological polar surface area (TPSA) is 64.3 Å². The molecule has 0 bridgehead atoms. The van der Waals surface area contributed by atoms with Crippen molar-refractivity contribution < 1.29 is 4.74 Å². The number of nitrogen functional groups attached to an aromatic ring is 1. The minimum atomic E-state index is 0.204. The van der Waals surface area contributed by atoms with Crippen LogP contribution >= 0.6 is 0 Å². The summed E-state index contributed by atoms with van der Waals surface area (Å²) in [5.74, 6) is 1.92. The lowest BCUT2D eigenvalue weighted by molar-refractivity contribution is 0.178. The van der Waals surface area contributed by atoms with E-state index in [2.05, 4.69) is 35.6 Å². The van der Waals surface area contributed by atoms with Gasteiger partial charge in [0.2, 0.25) is 0 Å². The maximum absolute atomic E-state index is 5.76. The predicted molar refractivity (Wildman–Crippen MR) is 69.9 cm³/mol. The zero-order chi connectivity index (χ0) is 13.1. The number of anilines is 2. The van der Waals surface area contributed by atoms with Crippen molar-refractivity contribution in [2.24, 2.45) is 5.41 Å². The smallest absolute Gasteiger partial charge is 0.158 e. The largest absolute Gasteiger partial charge is 0.384 e. The van der Waals surface area contributed by atoms with Crippen molar-refractivity contribution in [1.29, 1.82) is 0 Å². The fraction of sp³-hybridized carbons (Fsp3) is 0.667. The first kappa shape index (κ1) is 13.7. The fourth-order valence-electron chi connectivity index (χ4n) is 1.68. The number of ether oxygens (including phenoxy) is 1. The van der Waals surface area contributed by atoms with Gasteiger partial charge < -0.3 is 15.4 Å². The van der Waals surface area contributed by atoms with Gasteiger partial charge in [-0.2, -0.15) is 0 Å². The molecular formula is C12H22N4O. The molecule has 2 N–H and O–H groups in total. The minimum Gasteiger partial charge on any atom is -0.384 e. The summed E-state index contributed by atoms with van der Waals surface area (Å²) in [4.78, 5) is 10.6. The third-order valence-corrected chi connectivity index (χ3v) is 2.15. The van der Waals surface area contributed by atoms with E-state index in [0.717, 1.165) is 12.4 Å². The second-order valence-electron chi connectivity index (χ2n) is 5.42. The molecule has 1 rings (SSSR count). The molecule has 0 aliphatic heterocycles. The Morgan fingerprint density at radius 1 is 1.35 bits per heavy atom. The molecule has 0 aliphatic carbocycles. The zero-order valence-corrected chi connectivity index (χ0v) is 11.3. The van der Waals surface area contributed by atoms with Crippen molar-refractivity contribution in [3.63, 3.8) is 0 Å². The van der Waals surface area contributed by atoms with Crippen LogP contribution in [0.3, 0.4) is 0 Å². The Hall–Kier alpha value is -1.36. The quantitative estimate of drug-likeness (QED) is 0.864. The first-order chi connectivity index (χ1) is 7.81. The van der Waals surface area contributed by atoms with E-state index in [4.69, 9.17) is 10.5 Å². The summed E-state index contributed by atoms with van der Waals surface area (Å²) in [6.45, 7) is 7.83. The van der Waals surface area contributed by atoms with Crippen LogP contribution in [0.25, 0.3) is 0 Å². The Kier molecular flexibility index (Phi) is 4.28. The molecule has 5 heteroatoms. The monoisotopic (exact) mass is 238 g/mol. The first-order valence-corrected chi connectivity index (χ1v) is 5.65. The molecular weight excluding hydrogens is 216 g/mol. The second kappa shape index (κ2) is 5.31. The molecule has 96 valence electrons. The summed E-state index contributed by atoms with van der Waals surface area (Å²) in [6, 6.07) is 1.78. The number of rotatable bonds is 4. The summed E-state index contributed by atoms with van der Waals surface area (Å²) in [6.07, 6.45) is 0. The highest BCUT2D eigenvalue weighted by molar-refractivity contribution is 5.46. The maximum Gasteiger partial charge on any atom is 0.158 e. The van der Waals surface area contributed by atoms with E-state index in [1.807, 2.05) is 7.05 Å². The maximum atomic E-state index is 5.76. The van der Waals surface area contributed by atoms with Crippen LogP contribution in [-0.2, 0) is 11.3 Å². The van der Waals surface area contributed by atoms with Crippen LogP contribution < -0.4 is 10.6 Å². The molecule has 0 saturated carbocycles. The summed E-state index contributed by atoms with van der Waals surface area (Å²) in [5, 5.41) is 0. The minimum absolute atomic E-state index is 0.204. The Labute approximate surface area is 103 Å². The molecule has 17 heavy (non-hydrogen) atoms. The average molecular weight is 238 g/mol. The lowest BCUT2D eigenvalue weighted by Crippen LogP contribution is -2.30. The number of hydrogen-bond donors (Lipinski definition) is 1. The first-order valence-electron chi connectivity index (χ1n) is 5.65. The number of hydrogen-bond acceptors (Lipinski definition) is 5. The van der Waals surface area contributed by atoms with Crippen molar-refractivity contribution in [1.82, 2.24) is 9.97 Å². The van der Waals surface area contributed by atoms with Gasteiger partial charge >= 0.3 is 0 Å². The number of methoxy groups -OCH3 is 1. The van der Waals surface area contributed by atoms with Crippen LogP contribution in [0.5, 0.6) is 0 Å². The van der Waals surface area contributed by atoms with Gasteiger partial charge in [0, 0.05) is 26.8 Å². The van der Waals surface area contributed by atoms with Crippen LogP contribution in [0.1, 0.15) is 26.6 Å². The Bertz CT molecular complexity index is 373. The zero-order valence-electron chi connectivity index (χ0n) is 11.3. The van der Waals surface area contributed by atoms with Gasteiger partial charge in [-0.05, 0) is 5.41 Å². The third kappa shape index (κ3) is 4.56. The molecule has 0 spiro atoms. The van der Waals surface area contributed by atoms with Gasteiger partial charge in [-0.1, -0.05) is 20.8 Å². The van der Waals surface area contributed by atoms with E-state index < -0.39 is 0 Å². The third-order valence-electron chi connectivity index (χ3n) is 2.15. The highest BCUT2D eigenvalue weighted by atomic mass is 16.5. The normalized spacial score (nSPS) is 11.6. The van der Waals surface area contributed by atoms with Crippen LogP contribution in [0.4, 0.5) is 11.6 Å². The van der Waals surface area contributed by atoms with E-state index in [1.165, 1.54) is 0 Å². The van der Waals surface area contributed by atoms with Gasteiger partial charge in [-0.15, -0.1) is 0 Å². The van der Waals surface area contributed by atoms with E-state index >= 15 is 0 Å². The summed E-state index contributed by atoms with van der Waals surface area (Å²) in [7, 11) is 3.62. The standard InChI is InChI=1S/C12H22N4O/c1-12(2,3)8-16(4)11-6-9(13)14-10(15-11)7-17-5/h6H,7-8H2,1-5H3,(H2,13,14,15). The van der Waals surface area contributed by atoms with Crippen molar-refractivity contribution in [3.05, 3.63) is 11.9 Å². The van der Waals surface area contributed by atoms with Crippen LogP contribution in [0.2, 0.25) is 0 Å². The Morgan fingerprint density at radius 2 is 2.00 bits per heavy atom. The number of aromatic nitrogens is 2. The summed E-state index contributed by atoms with van der Waals surface area (Å²) >= 11 is 0. The molecule has 0 atom stereocenters. The van der Waals surface area contributed by atoms with E-state index in [9.17, 15) is 0 Å². The van der Waals surface area contributed by atoms with Crippen molar-refractivity contribution in [2.45, 2.75) is 27.4 Å². The summed E-state index contributed by atoms with van der Waals surface area (Å²) < 4.78 is 5.02. The van der Waals surface area contributed by atoms with E-state index in [1.54, 1.807) is 13.2 Å². The number of nitrogens with two attached hydrogens (primary N) is 1. The van der Waals surface area contributed by atoms with E-state index in [0.29, 0.717) is 18.2 Å². The van der Waals surface area contributed by atoms with Gasteiger partial charge in [-0.25, -0.2) is 9.97 Å². The van der Waals surface area contributed by atoms with Gasteiger partial charge in [-0.3, -0.25) is 0 Å². The van der Waals surface area contributed by atoms with Crippen LogP contribution in [0.15, 0.2) is 6.07 Å². The SMILES string of the molecule is COCc1nc(N)cc(N(C)CC(C)(C)C)n1. The lowest BCUT2D eigenvalue weighted by Gasteiger charge is -2.27. The van der Waals surface area contributed by atoms with E-state index in [-0.39, 0.29) is 5.41 Å². The molecule has 0 aromatic carbocycles. The molecule has 0 unspecified atom stereocenters. The molecule has 0 amide bonds. The fourth-order valence-corrected chi connectivity index (χ4v) is 1.68. The molecule has 0 radical (unpaired) electrons. The predicted octanol–water partition coefficient (Wildman–Crippen LogP) is 1.69. The average Bonchev–Trinajstić information content (AvgIpc) is 2.14. The van der Waals surface area contributed by atoms with Crippen LogP contribution in [0, 0.1) is 5.41 Å². The second-order valence-corrected chi connectivity index (χ2v) is 5.42. The van der Waals surface area contributed by atoms with Gasteiger partial charge in [0.05, 0.1) is 0 Å². The summed E-state index contributed by atoms with van der Waals surface area (Å²) in [5.41, 5.74) is 5.96. The molecule has 0 aliphatic rings. The van der Waals surface area contributed by atoms with Crippen molar-refractivity contribution in [3.8, 4) is 0 Å². The Morgan fingerprint density at radius 3 is 2.53 bits per heavy atom. The van der Waals surface area contributed by atoms with Gasteiger partial charge in [0.1, 0.15) is 18.2 Å². The molecule has 1 heterocycles. The Balaban J connectivity index is 2.89. The molecule has 0 saturated heterocycles. The highest BCUT2D eigenvalue weighted by Gasteiger charge is 2.15. The van der Waals surface area contributed by atoms with Crippen LogP contribution in [-0.4, -0.2) is 30.7 Å². The van der Waals surface area contributed by atoms with Gasteiger partial charge in [0.25, 0.3) is 0 Å². The van der Waals surface area contributed by atoms with Gasteiger partial charge in [0.15, 0.2) is 5.82 Å². The number of nitrogens with zero attached hydrogens (tertiary/aromatic N) is 3. The molecule has 0 fully saturated rings. The van der Waals surface area contributed by atoms with Crippen molar-refractivity contribution in [2.75, 3.05) is 31.3 Å². The molecule has 5 nitrogen and oxygen atoms in total. The molecule has 1 aromatic heterocycles.